The van der Waals surface area contributed by atoms with Crippen molar-refractivity contribution in [2.45, 2.75) is 0 Å². The predicted molar refractivity (Wildman–Crippen MR) is 616 cm³/mol. The van der Waals surface area contributed by atoms with Gasteiger partial charge in [-0.05, 0) is 154 Å². The van der Waals surface area contributed by atoms with Gasteiger partial charge in [-0.3, -0.25) is 0 Å². The molecular weight excluding hydrogens is 1830 g/mol. The lowest BCUT2D eigenvalue weighted by atomic mass is 9.94. The highest BCUT2D eigenvalue weighted by Crippen LogP contribution is 2.44. The van der Waals surface area contributed by atoms with Crippen molar-refractivity contribution in [2.24, 2.45) is 0 Å². The van der Waals surface area contributed by atoms with Crippen molar-refractivity contribution in [3.63, 3.8) is 0 Å². The summed E-state index contributed by atoms with van der Waals surface area (Å²) in [6, 6.07) is 188. The molecule has 21 aromatic carbocycles. The van der Waals surface area contributed by atoms with Gasteiger partial charge in [-0.1, -0.05) is 491 Å². The van der Waals surface area contributed by atoms with Gasteiger partial charge < -0.3 is 0 Å². The number of rotatable bonds is 18. The molecule has 0 radical (unpaired) electrons. The van der Waals surface area contributed by atoms with E-state index in [0.29, 0.717) is 52.4 Å². The van der Waals surface area contributed by atoms with Gasteiger partial charge in [0.25, 0.3) is 0 Å². The fourth-order valence-electron chi connectivity index (χ4n) is 19.8. The van der Waals surface area contributed by atoms with Crippen molar-refractivity contribution in [1.82, 2.24) is 59.8 Å². The first-order valence-electron chi connectivity index (χ1n) is 50.2. The van der Waals surface area contributed by atoms with Crippen LogP contribution in [0.5, 0.6) is 0 Å². The lowest BCUT2D eigenvalue weighted by Crippen LogP contribution is -2.00. The van der Waals surface area contributed by atoms with E-state index < -0.39 is 0 Å². The van der Waals surface area contributed by atoms with Gasteiger partial charge in [0, 0.05) is 82.9 Å². The molecule has 12 heteroatoms. The molecule has 702 valence electrons. The Bertz CT molecular complexity index is 9470. The SMILES string of the molecule is c1ccc(-c2ccc(-c3nc(-c4ccc(-c5ccccc5)cc4)nc(-c4cccc(-c5cc(-c6ccccc6)c6c(ccc7ccccc76)n5)c4)n3)cc2)cc1.c1ccc(-c2ccc(-c3nc(-c4ccccc4)nc(-c4cccc(-c5cc(-c6ccccc6)c6c(ccc7ccccc76)n5)c4)n3)cc2)cc1.c1ccc(-c2nc(-c3ccccc3)nc(-c3cccc(-c4cc(-c5ccccc5)c5c(ccc6ccccc65)n4)c3)n2)cc1. The molecule has 0 bridgehead atoms. The second-order valence-electron chi connectivity index (χ2n) is 36.9. The Kier molecular flexibility index (Phi) is 25.0. The van der Waals surface area contributed by atoms with Gasteiger partial charge in [-0.2, -0.15) is 0 Å². The van der Waals surface area contributed by atoms with Crippen LogP contribution in [0.4, 0.5) is 0 Å². The monoisotopic (exact) mass is 1910 g/mol. The van der Waals surface area contributed by atoms with Crippen LogP contribution < -0.4 is 0 Å². The summed E-state index contributed by atoms with van der Waals surface area (Å²) in [6.45, 7) is 0. The molecule has 150 heavy (non-hydrogen) atoms. The molecule has 0 fully saturated rings. The zero-order valence-corrected chi connectivity index (χ0v) is 81.3. The number of benzene rings is 21. The van der Waals surface area contributed by atoms with Gasteiger partial charge in [0.2, 0.25) is 0 Å². The number of fused-ring (bicyclic) bond motifs is 9. The van der Waals surface area contributed by atoms with Crippen LogP contribution in [0.3, 0.4) is 0 Å². The van der Waals surface area contributed by atoms with Gasteiger partial charge >= 0.3 is 0 Å². The number of aromatic nitrogens is 12. The minimum atomic E-state index is 0.598. The van der Waals surface area contributed by atoms with Crippen LogP contribution in [0.15, 0.2) is 546 Å². The Morgan fingerprint density at radius 1 is 0.100 bits per heavy atom. The lowest BCUT2D eigenvalue weighted by molar-refractivity contribution is 1.07. The number of hydrogen-bond donors (Lipinski definition) is 0. The van der Waals surface area contributed by atoms with Crippen LogP contribution in [0, 0.1) is 0 Å². The fraction of sp³-hybridized carbons (Fsp3) is 0. The first-order valence-corrected chi connectivity index (χ1v) is 50.2. The molecule has 0 aliphatic carbocycles. The summed E-state index contributed by atoms with van der Waals surface area (Å²) in [5, 5.41) is 10.6. The maximum atomic E-state index is 5.26. The molecule has 6 aromatic heterocycles. The van der Waals surface area contributed by atoms with E-state index in [9.17, 15) is 0 Å². The molecule has 0 N–H and O–H groups in total. The van der Waals surface area contributed by atoms with Gasteiger partial charge in [0.05, 0.1) is 33.6 Å². The molecule has 0 aliphatic rings. The van der Waals surface area contributed by atoms with E-state index in [1.54, 1.807) is 0 Å². The van der Waals surface area contributed by atoms with E-state index in [1.165, 1.54) is 37.9 Å². The number of pyridine rings is 3. The zero-order chi connectivity index (χ0) is 99.8. The summed E-state index contributed by atoms with van der Waals surface area (Å²) in [5.74, 6) is 5.59. The second kappa shape index (κ2) is 41.2. The van der Waals surface area contributed by atoms with Crippen molar-refractivity contribution < 1.29 is 0 Å². The molecule has 0 saturated heterocycles. The highest BCUT2D eigenvalue weighted by Gasteiger charge is 2.24. The third kappa shape index (κ3) is 19.1. The topological polar surface area (TPSA) is 155 Å². The summed E-state index contributed by atoms with van der Waals surface area (Å²) in [7, 11) is 0. The summed E-state index contributed by atoms with van der Waals surface area (Å²) >= 11 is 0. The average molecular weight is 1920 g/mol. The smallest absolute Gasteiger partial charge is 0.164 e. The van der Waals surface area contributed by atoms with Crippen molar-refractivity contribution in [1.29, 1.82) is 0 Å². The van der Waals surface area contributed by atoms with Crippen molar-refractivity contribution in [3.05, 3.63) is 546 Å². The Hall–Kier alpha value is -20.3. The molecule has 12 nitrogen and oxygen atoms in total. The highest BCUT2D eigenvalue weighted by atomic mass is 15.1. The molecule has 27 rings (SSSR count). The van der Waals surface area contributed by atoms with Crippen LogP contribution in [0.1, 0.15) is 0 Å². The first-order chi connectivity index (χ1) is 74.3. The predicted octanol–water partition coefficient (Wildman–Crippen LogP) is 34.7. The first kappa shape index (κ1) is 90.9. The minimum Gasteiger partial charge on any atom is -0.248 e. The summed E-state index contributed by atoms with van der Waals surface area (Å²) in [4.78, 5) is 60.7. The Morgan fingerprint density at radius 3 is 0.500 bits per heavy atom. The highest BCUT2D eigenvalue weighted by molar-refractivity contribution is 6.17. The van der Waals surface area contributed by atoms with E-state index in [1.807, 2.05) is 115 Å². The number of hydrogen-bond acceptors (Lipinski definition) is 12. The van der Waals surface area contributed by atoms with Gasteiger partial charge in [-0.25, -0.2) is 59.8 Å². The molecule has 0 aliphatic heterocycles. The van der Waals surface area contributed by atoms with E-state index in [2.05, 4.69) is 431 Å². The average Bonchev–Trinajstić information content (AvgIpc) is 0.757. The molecule has 0 unspecified atom stereocenters. The third-order valence-electron chi connectivity index (χ3n) is 27.4. The van der Waals surface area contributed by atoms with Crippen LogP contribution in [0.25, 0.3) is 268 Å². The van der Waals surface area contributed by atoms with Crippen molar-refractivity contribution >= 4 is 65.0 Å². The quantitative estimate of drug-likeness (QED) is 0.0751. The summed E-state index contributed by atoms with van der Waals surface area (Å²) < 4.78 is 0. The number of nitrogens with zero attached hydrogens (tertiary/aromatic N) is 12. The normalized spacial score (nSPS) is 11.2. The molecule has 0 saturated carbocycles. The Morgan fingerprint density at radius 2 is 0.267 bits per heavy atom. The zero-order valence-electron chi connectivity index (χ0n) is 81.3. The Labute approximate surface area is 867 Å². The molecule has 0 atom stereocenters. The molecule has 0 amide bonds. The van der Waals surface area contributed by atoms with E-state index >= 15 is 0 Å². The molecule has 0 spiro atoms. The van der Waals surface area contributed by atoms with Crippen LogP contribution >= 0.6 is 0 Å². The van der Waals surface area contributed by atoms with E-state index in [0.717, 1.165) is 178 Å². The largest absolute Gasteiger partial charge is 0.248 e. The third-order valence-corrected chi connectivity index (χ3v) is 27.4. The van der Waals surface area contributed by atoms with Gasteiger partial charge in [0.1, 0.15) is 0 Å². The standard InChI is InChI=1S/C52H34N4.C46H30N4.C40H26N4/c1-4-13-35(14-5-1)37-23-27-41(28-24-37)50-54-51(42-29-25-38(26-30-42)36-15-6-2-7-16-36)56-52(55-50)44-21-12-20-43(33-44)48-34-46(39-17-8-3-9-18-39)49-45-22-11-10-19-40(45)31-32-47(49)53-48;1-4-13-31(14-5-1)32-23-25-36(26-24-32)45-48-44(35-18-8-3-9-19-35)49-46(50-45)38-21-12-20-37(29-38)42-30-40(33-15-6-2-7-16-33)43-39-22-11-10-17-34(39)27-28-41(43)47-42;1-4-13-27(14-5-1)34-26-36(41-35-24-23-28-15-10-11-22-33(28)37(34)35)31-20-12-21-32(25-31)40-43-38(29-16-6-2-7-17-29)42-39(44-40)30-18-8-3-9-19-30/h1-34H;1-30H;1-26H. The van der Waals surface area contributed by atoms with Crippen LogP contribution in [-0.2, 0) is 0 Å². The second-order valence-corrected chi connectivity index (χ2v) is 36.9. The van der Waals surface area contributed by atoms with Crippen molar-refractivity contribution in [3.8, 4) is 203 Å². The summed E-state index contributed by atoms with van der Waals surface area (Å²) in [6.07, 6.45) is 0. The lowest BCUT2D eigenvalue weighted by Gasteiger charge is -2.14. The molecular formula is C138H90N12. The molecule has 6 heterocycles. The fourth-order valence-corrected chi connectivity index (χ4v) is 19.8. The maximum Gasteiger partial charge on any atom is 0.164 e. The summed E-state index contributed by atoms with van der Waals surface area (Å²) in [5.41, 5.74) is 30.6. The Balaban J connectivity index is 0.000000117. The van der Waals surface area contributed by atoms with E-state index in [4.69, 9.17) is 59.8 Å². The molecule has 27 aromatic rings. The van der Waals surface area contributed by atoms with Crippen LogP contribution in [0.2, 0.25) is 0 Å². The maximum absolute atomic E-state index is 5.26. The van der Waals surface area contributed by atoms with Crippen LogP contribution in [-0.4, -0.2) is 59.8 Å². The van der Waals surface area contributed by atoms with Crippen molar-refractivity contribution in [2.75, 3.05) is 0 Å². The van der Waals surface area contributed by atoms with Gasteiger partial charge in [-0.15, -0.1) is 0 Å². The van der Waals surface area contributed by atoms with E-state index in [-0.39, 0.29) is 0 Å². The van der Waals surface area contributed by atoms with Gasteiger partial charge in [0.15, 0.2) is 52.4 Å². The minimum absolute atomic E-state index is 0.598.